The van der Waals surface area contributed by atoms with Crippen LogP contribution in [0.4, 0.5) is 0 Å². The van der Waals surface area contributed by atoms with E-state index in [2.05, 4.69) is 29.7 Å². The van der Waals surface area contributed by atoms with Crippen LogP contribution in [0.3, 0.4) is 0 Å². The SMILES string of the molecule is CCCCCCN(C=C=CC(=O)O)CCc1ccccc1. The highest BCUT2D eigenvalue weighted by atomic mass is 16.4. The molecule has 0 aromatic heterocycles. The summed E-state index contributed by atoms with van der Waals surface area (Å²) in [4.78, 5) is 12.7. The van der Waals surface area contributed by atoms with Crippen LogP contribution in [0, 0.1) is 0 Å². The van der Waals surface area contributed by atoms with Gasteiger partial charge in [0.05, 0.1) is 6.08 Å². The first kappa shape index (κ1) is 17.1. The largest absolute Gasteiger partial charge is 0.478 e. The Kier molecular flexibility index (Phi) is 8.74. The monoisotopic (exact) mass is 287 g/mol. The Morgan fingerprint density at radius 3 is 2.62 bits per heavy atom. The van der Waals surface area contributed by atoms with Gasteiger partial charge in [-0.1, -0.05) is 62.2 Å². The molecule has 3 nitrogen and oxygen atoms in total. The van der Waals surface area contributed by atoms with Gasteiger partial charge >= 0.3 is 5.97 Å². The number of unbranched alkanes of at least 4 members (excludes halogenated alkanes) is 3. The normalized spacial score (nSPS) is 9.76. The maximum Gasteiger partial charge on any atom is 0.336 e. The zero-order valence-corrected chi connectivity index (χ0v) is 12.8. The van der Waals surface area contributed by atoms with Crippen molar-refractivity contribution in [2.45, 2.75) is 39.0 Å². The van der Waals surface area contributed by atoms with Gasteiger partial charge in [-0.15, -0.1) is 0 Å². The van der Waals surface area contributed by atoms with E-state index in [4.69, 9.17) is 5.11 Å². The van der Waals surface area contributed by atoms with Crippen molar-refractivity contribution in [2.24, 2.45) is 0 Å². The van der Waals surface area contributed by atoms with Crippen molar-refractivity contribution in [3.8, 4) is 0 Å². The first-order valence-electron chi connectivity index (χ1n) is 7.66. The minimum Gasteiger partial charge on any atom is -0.478 e. The van der Waals surface area contributed by atoms with E-state index >= 15 is 0 Å². The number of rotatable bonds is 10. The number of aliphatic carboxylic acids is 1. The molecule has 3 heteroatoms. The topological polar surface area (TPSA) is 40.5 Å². The van der Waals surface area contributed by atoms with Crippen molar-refractivity contribution in [3.63, 3.8) is 0 Å². The van der Waals surface area contributed by atoms with Crippen LogP contribution in [-0.4, -0.2) is 29.1 Å². The van der Waals surface area contributed by atoms with Gasteiger partial charge in [-0.3, -0.25) is 0 Å². The van der Waals surface area contributed by atoms with Gasteiger partial charge < -0.3 is 10.0 Å². The van der Waals surface area contributed by atoms with Crippen LogP contribution in [0.5, 0.6) is 0 Å². The third-order valence-corrected chi connectivity index (χ3v) is 3.29. The molecule has 0 saturated carbocycles. The number of hydrogen-bond acceptors (Lipinski definition) is 2. The summed E-state index contributed by atoms with van der Waals surface area (Å²) in [7, 11) is 0. The first-order chi connectivity index (χ1) is 10.2. The Bertz CT molecular complexity index is 461. The van der Waals surface area contributed by atoms with Crippen molar-refractivity contribution >= 4 is 5.97 Å². The highest BCUT2D eigenvalue weighted by Gasteiger charge is 2.00. The van der Waals surface area contributed by atoms with E-state index < -0.39 is 5.97 Å². The molecule has 1 aromatic rings. The van der Waals surface area contributed by atoms with Crippen LogP contribution >= 0.6 is 0 Å². The van der Waals surface area contributed by atoms with Crippen molar-refractivity contribution in [1.82, 2.24) is 4.90 Å². The van der Waals surface area contributed by atoms with Gasteiger partial charge in [0.2, 0.25) is 0 Å². The molecule has 0 aliphatic carbocycles. The van der Waals surface area contributed by atoms with Gasteiger partial charge in [0, 0.05) is 19.3 Å². The predicted molar refractivity (Wildman–Crippen MR) is 86.1 cm³/mol. The summed E-state index contributed by atoms with van der Waals surface area (Å²) in [5.41, 5.74) is 4.04. The third kappa shape index (κ3) is 8.72. The lowest BCUT2D eigenvalue weighted by Gasteiger charge is -2.19. The van der Waals surface area contributed by atoms with E-state index in [1.54, 1.807) is 6.20 Å². The summed E-state index contributed by atoms with van der Waals surface area (Å²) >= 11 is 0. The molecular weight excluding hydrogens is 262 g/mol. The Morgan fingerprint density at radius 2 is 1.95 bits per heavy atom. The van der Waals surface area contributed by atoms with Crippen LogP contribution in [0.2, 0.25) is 0 Å². The summed E-state index contributed by atoms with van der Waals surface area (Å²) < 4.78 is 0. The molecule has 0 saturated heterocycles. The Morgan fingerprint density at radius 1 is 1.19 bits per heavy atom. The summed E-state index contributed by atoms with van der Waals surface area (Å²) in [5.74, 6) is -0.958. The fourth-order valence-corrected chi connectivity index (χ4v) is 2.11. The van der Waals surface area contributed by atoms with E-state index in [0.29, 0.717) is 0 Å². The molecule has 1 aromatic carbocycles. The lowest BCUT2D eigenvalue weighted by molar-refractivity contribution is -0.131. The number of carboxylic acids is 1. The van der Waals surface area contributed by atoms with Gasteiger partial charge in [0.15, 0.2) is 0 Å². The molecule has 1 N–H and O–H groups in total. The number of carbonyl (C=O) groups is 1. The number of nitrogens with zero attached hydrogens (tertiary/aromatic N) is 1. The molecule has 0 unspecified atom stereocenters. The molecular formula is C18H25NO2. The van der Waals surface area contributed by atoms with Crippen molar-refractivity contribution in [1.29, 1.82) is 0 Å². The van der Waals surface area contributed by atoms with Gasteiger partial charge in [-0.2, -0.15) is 0 Å². The zero-order valence-electron chi connectivity index (χ0n) is 12.8. The standard InChI is InChI=1S/C18H25NO2/c1-2-3-4-8-14-19(15-9-12-18(20)21)16-13-17-10-6-5-7-11-17/h5-7,10-12,15H,2-4,8,13-14,16H2,1H3,(H,20,21). The van der Waals surface area contributed by atoms with Crippen LogP contribution in [0.25, 0.3) is 0 Å². The lowest BCUT2D eigenvalue weighted by atomic mass is 10.1. The quantitative estimate of drug-likeness (QED) is 0.403. The van der Waals surface area contributed by atoms with Gasteiger partial charge in [-0.25, -0.2) is 4.79 Å². The molecule has 0 fully saturated rings. The molecule has 0 bridgehead atoms. The minimum atomic E-state index is -0.958. The molecule has 0 radical (unpaired) electrons. The molecule has 1 rings (SSSR count). The zero-order chi connectivity index (χ0) is 15.3. The second-order valence-electron chi connectivity index (χ2n) is 5.11. The van der Waals surface area contributed by atoms with Crippen molar-refractivity contribution in [3.05, 3.63) is 53.9 Å². The average molecular weight is 287 g/mol. The second-order valence-corrected chi connectivity index (χ2v) is 5.11. The van der Waals surface area contributed by atoms with E-state index in [9.17, 15) is 4.79 Å². The molecule has 114 valence electrons. The van der Waals surface area contributed by atoms with Crippen LogP contribution in [0.15, 0.2) is 48.3 Å². The van der Waals surface area contributed by atoms with Crippen LogP contribution < -0.4 is 0 Å². The summed E-state index contributed by atoms with van der Waals surface area (Å²) in [6.45, 7) is 4.03. The fourth-order valence-electron chi connectivity index (χ4n) is 2.11. The molecule has 0 aliphatic rings. The highest BCUT2D eigenvalue weighted by molar-refractivity contribution is 5.79. The van der Waals surface area contributed by atoms with E-state index in [1.165, 1.54) is 24.8 Å². The second kappa shape index (κ2) is 10.8. The molecule has 21 heavy (non-hydrogen) atoms. The molecule has 0 amide bonds. The summed E-state index contributed by atoms with van der Waals surface area (Å²) in [6.07, 6.45) is 8.60. The third-order valence-electron chi connectivity index (χ3n) is 3.29. The Balaban J connectivity index is 2.50. The van der Waals surface area contributed by atoms with Crippen molar-refractivity contribution < 1.29 is 9.90 Å². The van der Waals surface area contributed by atoms with E-state index in [-0.39, 0.29) is 0 Å². The van der Waals surface area contributed by atoms with Gasteiger partial charge in [0.25, 0.3) is 0 Å². The number of carboxylic acid groups (broad SMARTS) is 1. The maximum absolute atomic E-state index is 10.5. The van der Waals surface area contributed by atoms with Crippen molar-refractivity contribution in [2.75, 3.05) is 13.1 Å². The average Bonchev–Trinajstić information content (AvgIpc) is 2.49. The molecule has 0 atom stereocenters. The molecule has 0 spiro atoms. The van der Waals surface area contributed by atoms with Gasteiger partial charge in [0.1, 0.15) is 0 Å². The van der Waals surface area contributed by atoms with E-state index in [0.717, 1.165) is 32.0 Å². The van der Waals surface area contributed by atoms with Crippen LogP contribution in [0.1, 0.15) is 38.2 Å². The molecule has 0 heterocycles. The predicted octanol–water partition coefficient (Wildman–Crippen LogP) is 3.86. The van der Waals surface area contributed by atoms with Crippen LogP contribution in [-0.2, 0) is 11.2 Å². The summed E-state index contributed by atoms with van der Waals surface area (Å²) in [5, 5.41) is 8.62. The minimum absolute atomic E-state index is 0.886. The summed E-state index contributed by atoms with van der Waals surface area (Å²) in [6, 6.07) is 10.3. The molecule has 0 aliphatic heterocycles. The smallest absolute Gasteiger partial charge is 0.336 e. The van der Waals surface area contributed by atoms with E-state index in [1.807, 2.05) is 18.2 Å². The first-order valence-corrected chi connectivity index (χ1v) is 7.66. The Hall–Kier alpha value is -1.99. The number of benzene rings is 1. The lowest BCUT2D eigenvalue weighted by Crippen LogP contribution is -2.21. The van der Waals surface area contributed by atoms with Gasteiger partial charge in [-0.05, 0) is 18.4 Å². The Labute approximate surface area is 127 Å². The fraction of sp³-hybridized carbons (Fsp3) is 0.444. The maximum atomic E-state index is 10.5. The highest BCUT2D eigenvalue weighted by Crippen LogP contribution is 2.05. The number of hydrogen-bond donors (Lipinski definition) is 1.